The van der Waals surface area contributed by atoms with Gasteiger partial charge in [-0.3, -0.25) is 9.97 Å². The average Bonchev–Trinajstić information content (AvgIpc) is 2.77. The van der Waals surface area contributed by atoms with Crippen LogP contribution in [0.3, 0.4) is 0 Å². The fourth-order valence-electron chi connectivity index (χ4n) is 3.76. The molecule has 2 aromatic rings. The molecule has 2 rings (SSSR count). The molecule has 29 heavy (non-hydrogen) atoms. The standard InChI is InChI=1S/C27H42N2/c1-4-6-7-8-9-10-11-16-26-21-29-27(22-28-26)25-19-17-24(18-20-25)15-13-12-14-23(3)5-2/h17-23H,4-16H2,1-3H3. The van der Waals surface area contributed by atoms with Gasteiger partial charge in [0, 0.05) is 11.8 Å². The van der Waals surface area contributed by atoms with Crippen molar-refractivity contribution in [3.8, 4) is 11.3 Å². The third-order valence-electron chi connectivity index (χ3n) is 6.10. The Morgan fingerprint density at radius 1 is 0.724 bits per heavy atom. The van der Waals surface area contributed by atoms with Crippen molar-refractivity contribution in [1.82, 2.24) is 9.97 Å². The third kappa shape index (κ3) is 9.56. The van der Waals surface area contributed by atoms with Crippen molar-refractivity contribution in [3.05, 3.63) is 47.9 Å². The SMILES string of the molecule is CCCCCCCCCc1cnc(-c2ccc(CCCCC(C)CC)cc2)cn1. The molecule has 160 valence electrons. The number of aromatic nitrogens is 2. The summed E-state index contributed by atoms with van der Waals surface area (Å²) < 4.78 is 0. The highest BCUT2D eigenvalue weighted by molar-refractivity contribution is 5.58. The van der Waals surface area contributed by atoms with Crippen LogP contribution in [0.1, 0.15) is 103 Å². The lowest BCUT2D eigenvalue weighted by molar-refractivity contribution is 0.484. The van der Waals surface area contributed by atoms with Crippen molar-refractivity contribution in [2.45, 2.75) is 104 Å². The van der Waals surface area contributed by atoms with Gasteiger partial charge in [0.05, 0.1) is 17.6 Å². The fourth-order valence-corrected chi connectivity index (χ4v) is 3.76. The van der Waals surface area contributed by atoms with Gasteiger partial charge in [-0.05, 0) is 37.2 Å². The Kier molecular flexibility index (Phi) is 11.6. The summed E-state index contributed by atoms with van der Waals surface area (Å²) in [5.74, 6) is 0.865. The highest BCUT2D eigenvalue weighted by Crippen LogP contribution is 2.19. The lowest BCUT2D eigenvalue weighted by atomic mass is 9.99. The lowest BCUT2D eigenvalue weighted by Gasteiger charge is -2.08. The van der Waals surface area contributed by atoms with Crippen molar-refractivity contribution < 1.29 is 0 Å². The van der Waals surface area contributed by atoms with Crippen molar-refractivity contribution in [1.29, 1.82) is 0 Å². The van der Waals surface area contributed by atoms with Crippen molar-refractivity contribution >= 4 is 0 Å². The molecule has 0 spiro atoms. The quantitative estimate of drug-likeness (QED) is 0.284. The first-order chi connectivity index (χ1) is 14.2. The minimum Gasteiger partial charge on any atom is -0.257 e. The summed E-state index contributed by atoms with van der Waals surface area (Å²) in [5, 5.41) is 0. The van der Waals surface area contributed by atoms with Gasteiger partial charge in [0.15, 0.2) is 0 Å². The van der Waals surface area contributed by atoms with Gasteiger partial charge in [0.2, 0.25) is 0 Å². The topological polar surface area (TPSA) is 25.8 Å². The van der Waals surface area contributed by atoms with Crippen LogP contribution < -0.4 is 0 Å². The zero-order valence-corrected chi connectivity index (χ0v) is 19.1. The minimum atomic E-state index is 0.865. The Hall–Kier alpha value is -1.70. The van der Waals surface area contributed by atoms with Crippen LogP contribution in [0.25, 0.3) is 11.3 Å². The van der Waals surface area contributed by atoms with E-state index in [9.17, 15) is 0 Å². The van der Waals surface area contributed by atoms with E-state index in [1.807, 2.05) is 12.4 Å². The van der Waals surface area contributed by atoms with Crippen LogP contribution in [0.4, 0.5) is 0 Å². The summed E-state index contributed by atoms with van der Waals surface area (Å²) in [7, 11) is 0. The molecular weight excluding hydrogens is 352 g/mol. The Morgan fingerprint density at radius 3 is 2.07 bits per heavy atom. The number of benzene rings is 1. The number of unbranched alkanes of at least 4 members (excludes halogenated alkanes) is 7. The van der Waals surface area contributed by atoms with E-state index in [1.54, 1.807) is 0 Å². The maximum absolute atomic E-state index is 4.66. The van der Waals surface area contributed by atoms with Gasteiger partial charge in [-0.1, -0.05) is 103 Å². The highest BCUT2D eigenvalue weighted by Gasteiger charge is 2.03. The predicted octanol–water partition coefficient (Wildman–Crippen LogP) is 8.20. The van der Waals surface area contributed by atoms with E-state index >= 15 is 0 Å². The summed E-state index contributed by atoms with van der Waals surface area (Å²) in [6.45, 7) is 6.91. The zero-order chi connectivity index (χ0) is 20.7. The first-order valence-electron chi connectivity index (χ1n) is 12.1. The molecule has 0 bridgehead atoms. The molecular formula is C27H42N2. The number of hydrogen-bond acceptors (Lipinski definition) is 2. The van der Waals surface area contributed by atoms with Gasteiger partial charge < -0.3 is 0 Å². The minimum absolute atomic E-state index is 0.865. The fraction of sp³-hybridized carbons (Fsp3) is 0.630. The second-order valence-electron chi connectivity index (χ2n) is 8.72. The largest absolute Gasteiger partial charge is 0.257 e. The predicted molar refractivity (Wildman–Crippen MR) is 126 cm³/mol. The molecule has 0 N–H and O–H groups in total. The Morgan fingerprint density at radius 2 is 1.41 bits per heavy atom. The van der Waals surface area contributed by atoms with Crippen molar-refractivity contribution in [3.63, 3.8) is 0 Å². The number of aryl methyl sites for hydroxylation is 2. The first-order valence-corrected chi connectivity index (χ1v) is 12.1. The molecule has 1 unspecified atom stereocenters. The Bertz CT molecular complexity index is 645. The molecule has 0 aliphatic rings. The summed E-state index contributed by atoms with van der Waals surface area (Å²) in [4.78, 5) is 9.31. The van der Waals surface area contributed by atoms with Gasteiger partial charge in [-0.25, -0.2) is 0 Å². The molecule has 0 saturated carbocycles. The zero-order valence-electron chi connectivity index (χ0n) is 19.1. The van der Waals surface area contributed by atoms with Gasteiger partial charge in [0.1, 0.15) is 0 Å². The summed E-state index contributed by atoms with van der Waals surface area (Å²) >= 11 is 0. The number of rotatable bonds is 15. The van der Waals surface area contributed by atoms with Crippen LogP contribution in [-0.4, -0.2) is 9.97 Å². The van der Waals surface area contributed by atoms with E-state index in [4.69, 9.17) is 0 Å². The summed E-state index contributed by atoms with van der Waals surface area (Å²) in [6, 6.07) is 8.91. The molecule has 1 heterocycles. The van der Waals surface area contributed by atoms with Crippen LogP contribution in [0.2, 0.25) is 0 Å². The van der Waals surface area contributed by atoms with Crippen molar-refractivity contribution in [2.75, 3.05) is 0 Å². The van der Waals surface area contributed by atoms with Crippen LogP contribution in [0.15, 0.2) is 36.7 Å². The van der Waals surface area contributed by atoms with E-state index < -0.39 is 0 Å². The van der Waals surface area contributed by atoms with Gasteiger partial charge >= 0.3 is 0 Å². The molecule has 2 nitrogen and oxygen atoms in total. The molecule has 1 aromatic carbocycles. The Balaban J connectivity index is 1.70. The monoisotopic (exact) mass is 394 g/mol. The van der Waals surface area contributed by atoms with E-state index in [0.29, 0.717) is 0 Å². The number of nitrogens with zero attached hydrogens (tertiary/aromatic N) is 2. The number of hydrogen-bond donors (Lipinski definition) is 0. The second-order valence-corrected chi connectivity index (χ2v) is 8.72. The van der Waals surface area contributed by atoms with Gasteiger partial charge in [-0.2, -0.15) is 0 Å². The molecule has 0 aliphatic carbocycles. The lowest BCUT2D eigenvalue weighted by Crippen LogP contribution is -1.95. The molecule has 1 atom stereocenters. The smallest absolute Gasteiger partial charge is 0.0885 e. The molecule has 0 saturated heterocycles. The van der Waals surface area contributed by atoms with E-state index in [1.165, 1.54) is 88.2 Å². The molecule has 0 radical (unpaired) electrons. The van der Waals surface area contributed by atoms with E-state index in [-0.39, 0.29) is 0 Å². The second kappa shape index (κ2) is 14.3. The maximum atomic E-state index is 4.66. The van der Waals surface area contributed by atoms with Crippen LogP contribution in [0, 0.1) is 5.92 Å². The van der Waals surface area contributed by atoms with Crippen LogP contribution >= 0.6 is 0 Å². The van der Waals surface area contributed by atoms with E-state index in [2.05, 4.69) is 55.0 Å². The summed E-state index contributed by atoms with van der Waals surface area (Å²) in [6.07, 6.45) is 20.8. The maximum Gasteiger partial charge on any atom is 0.0885 e. The van der Waals surface area contributed by atoms with Gasteiger partial charge in [-0.15, -0.1) is 0 Å². The highest BCUT2D eigenvalue weighted by atomic mass is 14.8. The van der Waals surface area contributed by atoms with Crippen LogP contribution in [0.5, 0.6) is 0 Å². The average molecular weight is 395 g/mol. The molecule has 0 amide bonds. The van der Waals surface area contributed by atoms with E-state index in [0.717, 1.165) is 23.7 Å². The Labute approximate surface area is 179 Å². The normalized spacial score (nSPS) is 12.2. The van der Waals surface area contributed by atoms with Crippen LogP contribution in [-0.2, 0) is 12.8 Å². The molecule has 0 fully saturated rings. The summed E-state index contributed by atoms with van der Waals surface area (Å²) in [5.41, 5.74) is 4.71. The molecule has 2 heteroatoms. The third-order valence-corrected chi connectivity index (χ3v) is 6.10. The molecule has 0 aliphatic heterocycles. The first kappa shape index (κ1) is 23.6. The molecule has 1 aromatic heterocycles. The van der Waals surface area contributed by atoms with Crippen molar-refractivity contribution in [2.24, 2.45) is 5.92 Å². The van der Waals surface area contributed by atoms with Gasteiger partial charge in [0.25, 0.3) is 0 Å².